The standard InChI is InChI=1S/C20H18N2O2S/c1-13-6-14(2)8-19(7-13)23-11-18-5-4-17(24-18)9-16(10-21)20-22-15(3)12-25-20/h4-9,12H,11H2,1-3H3/b16-9+. The summed E-state index contributed by atoms with van der Waals surface area (Å²) in [6, 6.07) is 12.0. The van der Waals surface area contributed by atoms with Gasteiger partial charge in [-0.25, -0.2) is 4.98 Å². The number of allylic oxidation sites excluding steroid dienone is 1. The second-order valence-electron chi connectivity index (χ2n) is 5.88. The third-order valence-corrected chi connectivity index (χ3v) is 4.51. The van der Waals surface area contributed by atoms with Gasteiger partial charge in [-0.3, -0.25) is 0 Å². The quantitative estimate of drug-likeness (QED) is 0.586. The van der Waals surface area contributed by atoms with Gasteiger partial charge in [0.15, 0.2) is 0 Å². The number of thiazole rings is 1. The van der Waals surface area contributed by atoms with Gasteiger partial charge in [0, 0.05) is 17.2 Å². The topological polar surface area (TPSA) is 59.0 Å². The zero-order valence-corrected chi connectivity index (χ0v) is 15.2. The van der Waals surface area contributed by atoms with E-state index in [4.69, 9.17) is 9.15 Å². The summed E-state index contributed by atoms with van der Waals surface area (Å²) in [5.41, 5.74) is 3.73. The Labute approximate surface area is 151 Å². The molecule has 25 heavy (non-hydrogen) atoms. The van der Waals surface area contributed by atoms with Crippen LogP contribution >= 0.6 is 11.3 Å². The molecule has 0 aliphatic heterocycles. The average Bonchev–Trinajstić information content (AvgIpc) is 3.18. The van der Waals surface area contributed by atoms with Gasteiger partial charge >= 0.3 is 0 Å². The number of ether oxygens (including phenoxy) is 1. The first-order valence-electron chi connectivity index (χ1n) is 7.87. The van der Waals surface area contributed by atoms with Crippen molar-refractivity contribution in [3.63, 3.8) is 0 Å². The zero-order valence-electron chi connectivity index (χ0n) is 14.4. The molecule has 0 aliphatic rings. The summed E-state index contributed by atoms with van der Waals surface area (Å²) in [7, 11) is 0. The summed E-state index contributed by atoms with van der Waals surface area (Å²) in [6.45, 7) is 6.33. The third-order valence-electron chi connectivity index (χ3n) is 3.52. The molecular weight excluding hydrogens is 332 g/mol. The Morgan fingerprint density at radius 2 is 2.00 bits per heavy atom. The molecule has 2 aromatic heterocycles. The largest absolute Gasteiger partial charge is 0.486 e. The molecule has 3 rings (SSSR count). The van der Waals surface area contributed by atoms with Crippen molar-refractivity contribution in [1.29, 1.82) is 5.26 Å². The maximum absolute atomic E-state index is 9.34. The van der Waals surface area contributed by atoms with Gasteiger partial charge in [-0.1, -0.05) is 6.07 Å². The van der Waals surface area contributed by atoms with E-state index in [-0.39, 0.29) is 0 Å². The van der Waals surface area contributed by atoms with Crippen LogP contribution in [0.5, 0.6) is 5.75 Å². The molecule has 126 valence electrons. The highest BCUT2D eigenvalue weighted by molar-refractivity contribution is 7.11. The highest BCUT2D eigenvalue weighted by atomic mass is 32.1. The SMILES string of the molecule is Cc1cc(C)cc(OCc2ccc(/C=C(\C#N)c3nc(C)cs3)o2)c1. The number of hydrogen-bond acceptors (Lipinski definition) is 5. The summed E-state index contributed by atoms with van der Waals surface area (Å²) in [6.07, 6.45) is 1.71. The Morgan fingerprint density at radius 1 is 1.24 bits per heavy atom. The molecule has 2 heterocycles. The Hall–Kier alpha value is -2.84. The van der Waals surface area contributed by atoms with Crippen molar-refractivity contribution in [3.8, 4) is 11.8 Å². The molecule has 4 nitrogen and oxygen atoms in total. The molecule has 3 aromatic rings. The molecule has 1 aromatic carbocycles. The van der Waals surface area contributed by atoms with Crippen LogP contribution in [-0.4, -0.2) is 4.98 Å². The van der Waals surface area contributed by atoms with Crippen LogP contribution in [0, 0.1) is 32.1 Å². The average molecular weight is 350 g/mol. The lowest BCUT2D eigenvalue weighted by molar-refractivity contribution is 0.269. The van der Waals surface area contributed by atoms with Gasteiger partial charge in [-0.2, -0.15) is 5.26 Å². The zero-order chi connectivity index (χ0) is 17.8. The van der Waals surface area contributed by atoms with E-state index in [2.05, 4.69) is 17.1 Å². The second kappa shape index (κ2) is 7.37. The molecule has 0 bridgehead atoms. The maximum Gasteiger partial charge on any atom is 0.146 e. The fourth-order valence-corrected chi connectivity index (χ4v) is 3.25. The van der Waals surface area contributed by atoms with E-state index in [1.54, 1.807) is 6.08 Å². The Balaban J connectivity index is 1.71. The van der Waals surface area contributed by atoms with E-state index < -0.39 is 0 Å². The summed E-state index contributed by atoms with van der Waals surface area (Å²) in [5.74, 6) is 2.14. The van der Waals surface area contributed by atoms with Crippen molar-refractivity contribution in [2.24, 2.45) is 0 Å². The van der Waals surface area contributed by atoms with Crippen LogP contribution in [-0.2, 0) is 6.61 Å². The molecule has 0 atom stereocenters. The summed E-state index contributed by atoms with van der Waals surface area (Å²) < 4.78 is 11.5. The first kappa shape index (κ1) is 17.0. The van der Waals surface area contributed by atoms with Gasteiger partial charge < -0.3 is 9.15 Å². The minimum absolute atomic E-state index is 0.342. The molecule has 0 aliphatic carbocycles. The molecule has 0 unspecified atom stereocenters. The van der Waals surface area contributed by atoms with Crippen LogP contribution in [0.2, 0.25) is 0 Å². The lowest BCUT2D eigenvalue weighted by Crippen LogP contribution is -1.94. The van der Waals surface area contributed by atoms with Crippen LogP contribution in [0.3, 0.4) is 0 Å². The Bertz CT molecular complexity index is 940. The highest BCUT2D eigenvalue weighted by Gasteiger charge is 2.08. The summed E-state index contributed by atoms with van der Waals surface area (Å²) in [4.78, 5) is 4.34. The van der Waals surface area contributed by atoms with E-state index in [9.17, 15) is 5.26 Å². The molecule has 5 heteroatoms. The van der Waals surface area contributed by atoms with Crippen molar-refractivity contribution in [1.82, 2.24) is 4.98 Å². The van der Waals surface area contributed by atoms with Gasteiger partial charge in [-0.15, -0.1) is 11.3 Å². The minimum atomic E-state index is 0.342. The monoisotopic (exact) mass is 350 g/mol. The number of nitrogens with zero attached hydrogens (tertiary/aromatic N) is 2. The van der Waals surface area contributed by atoms with Gasteiger partial charge in [-0.05, 0) is 56.2 Å². The normalized spacial score (nSPS) is 11.4. The Morgan fingerprint density at radius 3 is 2.64 bits per heavy atom. The van der Waals surface area contributed by atoms with E-state index in [0.29, 0.717) is 28.7 Å². The van der Waals surface area contributed by atoms with Gasteiger partial charge in [0.2, 0.25) is 0 Å². The fraction of sp³-hybridized carbons (Fsp3) is 0.200. The van der Waals surface area contributed by atoms with Crippen LogP contribution < -0.4 is 4.74 Å². The van der Waals surface area contributed by atoms with Crippen molar-refractivity contribution in [3.05, 3.63) is 69.1 Å². The molecule has 0 amide bonds. The van der Waals surface area contributed by atoms with E-state index >= 15 is 0 Å². The van der Waals surface area contributed by atoms with Crippen LogP contribution in [0.15, 0.2) is 40.1 Å². The summed E-state index contributed by atoms with van der Waals surface area (Å²) in [5, 5.41) is 12.0. The van der Waals surface area contributed by atoms with Gasteiger partial charge in [0.25, 0.3) is 0 Å². The predicted molar refractivity (Wildman–Crippen MR) is 99.3 cm³/mol. The molecule has 0 fully saturated rings. The molecule has 0 N–H and O–H groups in total. The molecule has 0 spiro atoms. The second-order valence-corrected chi connectivity index (χ2v) is 6.74. The number of furan rings is 1. The van der Waals surface area contributed by atoms with Crippen molar-refractivity contribution >= 4 is 23.0 Å². The number of rotatable bonds is 5. The lowest BCUT2D eigenvalue weighted by Gasteiger charge is -2.06. The molecule has 0 saturated heterocycles. The number of nitriles is 1. The number of benzene rings is 1. The fourth-order valence-electron chi connectivity index (χ4n) is 2.48. The predicted octanol–water partition coefficient (Wildman–Crippen LogP) is 5.30. The summed E-state index contributed by atoms with van der Waals surface area (Å²) >= 11 is 1.45. The first-order chi connectivity index (χ1) is 12.0. The van der Waals surface area contributed by atoms with E-state index in [1.165, 1.54) is 11.3 Å². The van der Waals surface area contributed by atoms with Gasteiger partial charge in [0.05, 0.1) is 5.57 Å². The Kier molecular flexibility index (Phi) is 5.01. The molecular formula is C20H18N2O2S. The molecule has 0 radical (unpaired) electrons. The highest BCUT2D eigenvalue weighted by Crippen LogP contribution is 2.23. The maximum atomic E-state index is 9.34. The van der Waals surface area contributed by atoms with Gasteiger partial charge in [0.1, 0.15) is 35.0 Å². The third kappa shape index (κ3) is 4.37. The smallest absolute Gasteiger partial charge is 0.146 e. The molecule has 0 saturated carbocycles. The first-order valence-corrected chi connectivity index (χ1v) is 8.75. The van der Waals surface area contributed by atoms with E-state index in [1.807, 2.05) is 50.4 Å². The van der Waals surface area contributed by atoms with Crippen molar-refractivity contribution in [2.45, 2.75) is 27.4 Å². The number of aryl methyl sites for hydroxylation is 3. The number of hydrogen-bond donors (Lipinski definition) is 0. The van der Waals surface area contributed by atoms with Crippen LogP contribution in [0.1, 0.15) is 33.3 Å². The lowest BCUT2D eigenvalue weighted by atomic mass is 10.1. The van der Waals surface area contributed by atoms with Crippen LogP contribution in [0.4, 0.5) is 0 Å². The number of aromatic nitrogens is 1. The van der Waals surface area contributed by atoms with Crippen molar-refractivity contribution < 1.29 is 9.15 Å². The van der Waals surface area contributed by atoms with E-state index in [0.717, 1.165) is 22.6 Å². The van der Waals surface area contributed by atoms with Crippen molar-refractivity contribution in [2.75, 3.05) is 0 Å². The van der Waals surface area contributed by atoms with Crippen LogP contribution in [0.25, 0.3) is 11.6 Å². The minimum Gasteiger partial charge on any atom is -0.486 e.